The van der Waals surface area contributed by atoms with Crippen molar-refractivity contribution >= 4 is 38.5 Å². The van der Waals surface area contributed by atoms with E-state index in [1.54, 1.807) is 0 Å². The van der Waals surface area contributed by atoms with Crippen molar-refractivity contribution in [1.29, 1.82) is 0 Å². The summed E-state index contributed by atoms with van der Waals surface area (Å²) >= 11 is 0. The first kappa shape index (κ1) is 19.6. The average molecular weight is 392 g/mol. The second-order valence-electron chi connectivity index (χ2n) is 7.16. The van der Waals surface area contributed by atoms with E-state index in [0.717, 1.165) is 35.9 Å². The molecule has 1 aliphatic heterocycles. The number of benzene rings is 1. The highest BCUT2D eigenvalue weighted by Crippen LogP contribution is 2.39. The lowest BCUT2D eigenvalue weighted by atomic mass is 10.1. The second kappa shape index (κ2) is 9.70. The molecule has 1 aromatic heterocycles. The van der Waals surface area contributed by atoms with Gasteiger partial charge in [0, 0.05) is 36.4 Å². The Morgan fingerprint density at radius 3 is 2.96 bits per heavy atom. The van der Waals surface area contributed by atoms with Crippen molar-refractivity contribution in [2.24, 2.45) is 0 Å². The van der Waals surface area contributed by atoms with Gasteiger partial charge in [0.15, 0.2) is 0 Å². The van der Waals surface area contributed by atoms with Crippen LogP contribution >= 0.6 is 21.6 Å². The molecule has 1 N–H and O–H groups in total. The first-order chi connectivity index (χ1) is 12.6. The van der Waals surface area contributed by atoms with Gasteiger partial charge in [-0.05, 0) is 45.2 Å². The molecule has 0 unspecified atom stereocenters. The van der Waals surface area contributed by atoms with E-state index >= 15 is 0 Å². The molecule has 0 aliphatic carbocycles. The van der Waals surface area contributed by atoms with Gasteiger partial charge in [0.1, 0.15) is 5.82 Å². The van der Waals surface area contributed by atoms with E-state index in [4.69, 9.17) is 4.98 Å². The molecule has 2 heterocycles. The van der Waals surface area contributed by atoms with Gasteiger partial charge < -0.3 is 9.88 Å². The molecule has 1 saturated heterocycles. The van der Waals surface area contributed by atoms with Gasteiger partial charge in [-0.25, -0.2) is 4.98 Å². The summed E-state index contributed by atoms with van der Waals surface area (Å²) in [5.41, 5.74) is 2.21. The van der Waals surface area contributed by atoms with Crippen LogP contribution in [-0.2, 0) is 11.2 Å². The minimum absolute atomic E-state index is 0.172. The van der Waals surface area contributed by atoms with Gasteiger partial charge in [-0.3, -0.25) is 4.79 Å². The highest BCUT2D eigenvalue weighted by atomic mass is 33.1. The first-order valence-electron chi connectivity index (χ1n) is 9.66. The van der Waals surface area contributed by atoms with Gasteiger partial charge in [0.25, 0.3) is 0 Å². The molecule has 0 spiro atoms. The quantitative estimate of drug-likeness (QED) is 0.483. The average Bonchev–Trinajstić information content (AvgIpc) is 3.25. The number of carbonyl (C=O) groups excluding carboxylic acids is 1. The Morgan fingerprint density at radius 1 is 1.35 bits per heavy atom. The number of para-hydroxylation sites is 2. The predicted molar refractivity (Wildman–Crippen MR) is 114 cm³/mol. The Balaban J connectivity index is 1.42. The number of hydrogen-bond acceptors (Lipinski definition) is 4. The van der Waals surface area contributed by atoms with Crippen molar-refractivity contribution in [3.05, 3.63) is 30.1 Å². The fourth-order valence-corrected chi connectivity index (χ4v) is 6.50. The number of nitrogens with one attached hydrogen (secondary N) is 1. The SMILES string of the molecule is CC(C)n1c(CCNC(=O)CCCC[C@@H]2CCSS2)nc2ccccc21. The number of fused-ring (bicyclic) bond motifs is 1. The number of nitrogens with zero attached hydrogens (tertiary/aromatic N) is 2. The molecule has 142 valence electrons. The van der Waals surface area contributed by atoms with Crippen molar-refractivity contribution in [2.75, 3.05) is 12.3 Å². The molecule has 1 aromatic carbocycles. The molecule has 0 radical (unpaired) electrons. The molecule has 1 amide bonds. The third kappa shape index (κ3) is 5.19. The molecule has 26 heavy (non-hydrogen) atoms. The molecule has 4 nitrogen and oxygen atoms in total. The van der Waals surface area contributed by atoms with Crippen LogP contribution in [-0.4, -0.2) is 33.0 Å². The molecule has 2 aromatic rings. The van der Waals surface area contributed by atoms with Crippen LogP contribution in [0.1, 0.15) is 57.8 Å². The van der Waals surface area contributed by atoms with Crippen LogP contribution in [0.2, 0.25) is 0 Å². The van der Waals surface area contributed by atoms with E-state index < -0.39 is 0 Å². The Bertz CT molecular complexity index is 723. The molecule has 6 heteroatoms. The third-order valence-electron chi connectivity index (χ3n) is 4.76. The number of carbonyl (C=O) groups is 1. The highest BCUT2D eigenvalue weighted by molar-refractivity contribution is 8.77. The topological polar surface area (TPSA) is 46.9 Å². The lowest BCUT2D eigenvalue weighted by Gasteiger charge is -2.13. The molecule has 0 saturated carbocycles. The number of aromatic nitrogens is 2. The van der Waals surface area contributed by atoms with Crippen LogP contribution in [0.3, 0.4) is 0 Å². The fraction of sp³-hybridized carbons (Fsp3) is 0.600. The van der Waals surface area contributed by atoms with E-state index in [-0.39, 0.29) is 5.91 Å². The van der Waals surface area contributed by atoms with E-state index in [1.807, 2.05) is 27.7 Å². The monoisotopic (exact) mass is 391 g/mol. The molecule has 3 rings (SSSR count). The van der Waals surface area contributed by atoms with E-state index in [9.17, 15) is 4.79 Å². The van der Waals surface area contributed by atoms with Crippen molar-refractivity contribution in [2.45, 2.75) is 63.7 Å². The lowest BCUT2D eigenvalue weighted by Crippen LogP contribution is -2.26. The Hall–Kier alpha value is -1.14. The number of hydrogen-bond donors (Lipinski definition) is 1. The maximum Gasteiger partial charge on any atom is 0.220 e. The molecular weight excluding hydrogens is 362 g/mol. The molecule has 1 fully saturated rings. The van der Waals surface area contributed by atoms with Crippen LogP contribution < -0.4 is 5.32 Å². The molecular formula is C20H29N3OS2. The summed E-state index contributed by atoms with van der Waals surface area (Å²) in [5, 5.41) is 3.88. The maximum absolute atomic E-state index is 12.1. The minimum Gasteiger partial charge on any atom is -0.356 e. The zero-order chi connectivity index (χ0) is 18.4. The largest absolute Gasteiger partial charge is 0.356 e. The summed E-state index contributed by atoms with van der Waals surface area (Å²) in [4.78, 5) is 16.8. The summed E-state index contributed by atoms with van der Waals surface area (Å²) in [6.45, 7) is 5.01. The van der Waals surface area contributed by atoms with Crippen LogP contribution in [0, 0.1) is 0 Å². The van der Waals surface area contributed by atoms with Gasteiger partial charge >= 0.3 is 0 Å². The zero-order valence-electron chi connectivity index (χ0n) is 15.7. The van der Waals surface area contributed by atoms with Crippen LogP contribution in [0.5, 0.6) is 0 Å². The van der Waals surface area contributed by atoms with Crippen molar-refractivity contribution in [1.82, 2.24) is 14.9 Å². The Morgan fingerprint density at radius 2 is 2.19 bits per heavy atom. The van der Waals surface area contributed by atoms with E-state index in [0.29, 0.717) is 19.0 Å². The summed E-state index contributed by atoms with van der Waals surface area (Å²) < 4.78 is 2.28. The number of rotatable bonds is 9. The number of amides is 1. The predicted octanol–water partition coefficient (Wildman–Crippen LogP) is 4.99. The Labute approximate surface area is 164 Å². The van der Waals surface area contributed by atoms with Crippen LogP contribution in [0.4, 0.5) is 0 Å². The van der Waals surface area contributed by atoms with Crippen molar-refractivity contribution < 1.29 is 4.79 Å². The van der Waals surface area contributed by atoms with Crippen molar-refractivity contribution in [3.8, 4) is 0 Å². The normalized spacial score (nSPS) is 17.3. The number of unbranched alkanes of at least 4 members (excludes halogenated alkanes) is 1. The van der Waals surface area contributed by atoms with Gasteiger partial charge in [-0.1, -0.05) is 40.1 Å². The maximum atomic E-state index is 12.1. The summed E-state index contributed by atoms with van der Waals surface area (Å²) in [5.74, 6) is 2.51. The smallest absolute Gasteiger partial charge is 0.220 e. The van der Waals surface area contributed by atoms with Gasteiger partial charge in [0.05, 0.1) is 11.0 Å². The van der Waals surface area contributed by atoms with Crippen LogP contribution in [0.25, 0.3) is 11.0 Å². The van der Waals surface area contributed by atoms with Gasteiger partial charge in [-0.2, -0.15) is 0 Å². The summed E-state index contributed by atoms with van der Waals surface area (Å²) in [7, 11) is 4.01. The highest BCUT2D eigenvalue weighted by Gasteiger charge is 2.16. The first-order valence-corrected chi connectivity index (χ1v) is 12.0. The summed E-state index contributed by atoms with van der Waals surface area (Å²) in [6.07, 6.45) is 6.16. The third-order valence-corrected chi connectivity index (χ3v) is 7.77. The fourth-order valence-electron chi connectivity index (χ4n) is 3.47. The van der Waals surface area contributed by atoms with Crippen LogP contribution in [0.15, 0.2) is 24.3 Å². The summed E-state index contributed by atoms with van der Waals surface area (Å²) in [6, 6.07) is 8.61. The van der Waals surface area contributed by atoms with Crippen molar-refractivity contribution in [3.63, 3.8) is 0 Å². The van der Waals surface area contributed by atoms with E-state index in [1.165, 1.54) is 24.1 Å². The zero-order valence-corrected chi connectivity index (χ0v) is 17.4. The number of imidazole rings is 1. The molecule has 0 bridgehead atoms. The molecule has 1 aliphatic rings. The van der Waals surface area contributed by atoms with Gasteiger partial charge in [0.2, 0.25) is 5.91 Å². The second-order valence-corrected chi connectivity index (χ2v) is 9.94. The lowest BCUT2D eigenvalue weighted by molar-refractivity contribution is -0.121. The van der Waals surface area contributed by atoms with E-state index in [2.05, 4.69) is 41.9 Å². The standard InChI is InChI=1S/C20H29N3OS2/c1-15(2)23-18-9-5-4-8-17(18)22-19(23)11-13-21-20(24)10-6-3-7-16-12-14-25-26-16/h4-5,8-9,15-16H,3,6-7,10-14H2,1-2H3,(H,21,24)/t16-/m1/s1. The minimum atomic E-state index is 0.172. The molecule has 1 atom stereocenters. The van der Waals surface area contributed by atoms with Gasteiger partial charge in [-0.15, -0.1) is 0 Å². The Kier molecular flexibility index (Phi) is 7.32.